The minimum atomic E-state index is -0.263. The summed E-state index contributed by atoms with van der Waals surface area (Å²) in [6, 6.07) is -0.109. The van der Waals surface area contributed by atoms with E-state index in [1.54, 1.807) is 4.90 Å². The van der Waals surface area contributed by atoms with Crippen molar-refractivity contribution in [3.8, 4) is 0 Å². The van der Waals surface area contributed by atoms with Gasteiger partial charge in [-0.1, -0.05) is 19.9 Å². The maximum absolute atomic E-state index is 11.8. The molecule has 0 aromatic rings. The zero-order chi connectivity index (χ0) is 13.4. The number of likely N-dealkylation sites (tertiary alicyclic amines) is 1. The Balaban J connectivity index is 2.14. The van der Waals surface area contributed by atoms with Gasteiger partial charge in [0.2, 0.25) is 0 Å². The van der Waals surface area contributed by atoms with E-state index >= 15 is 0 Å². The zero-order valence-electron chi connectivity index (χ0n) is 11.2. The number of amides is 2. The van der Waals surface area contributed by atoms with Crippen molar-refractivity contribution in [3.05, 3.63) is 12.3 Å². The molecule has 0 aromatic carbocycles. The number of nitrogens with one attached hydrogen (secondary N) is 1. The van der Waals surface area contributed by atoms with Crippen molar-refractivity contribution in [2.45, 2.75) is 38.7 Å². The van der Waals surface area contributed by atoms with E-state index in [0.29, 0.717) is 44.8 Å². The molecule has 1 heterocycles. The van der Waals surface area contributed by atoms with Crippen LogP contribution < -0.4 is 5.32 Å². The van der Waals surface area contributed by atoms with Crippen molar-refractivity contribution < 1.29 is 14.6 Å². The minimum absolute atomic E-state index is 0.109. The number of unbranched alkanes of at least 4 members (excludes halogenated alkanes) is 1. The molecule has 0 radical (unpaired) electrons. The third-order valence-electron chi connectivity index (χ3n) is 2.99. The van der Waals surface area contributed by atoms with Crippen molar-refractivity contribution in [1.29, 1.82) is 0 Å². The van der Waals surface area contributed by atoms with Crippen LogP contribution in [0, 0.1) is 0 Å². The zero-order valence-corrected chi connectivity index (χ0v) is 11.2. The van der Waals surface area contributed by atoms with Gasteiger partial charge >= 0.3 is 6.03 Å². The molecule has 0 aromatic heterocycles. The molecule has 0 saturated carbocycles. The molecule has 1 saturated heterocycles. The highest BCUT2D eigenvalue weighted by atomic mass is 16.5. The molecule has 0 atom stereocenters. The SMILES string of the molecule is C=C(CNC(=O)N1CCC(O)CC1)OCCCC. The van der Waals surface area contributed by atoms with E-state index in [1.165, 1.54) is 0 Å². The highest BCUT2D eigenvalue weighted by Gasteiger charge is 2.20. The van der Waals surface area contributed by atoms with Crippen LogP contribution in [0.5, 0.6) is 0 Å². The number of piperidine rings is 1. The van der Waals surface area contributed by atoms with Crippen LogP contribution in [0.2, 0.25) is 0 Å². The number of urea groups is 1. The molecule has 1 aliphatic heterocycles. The molecule has 18 heavy (non-hydrogen) atoms. The summed E-state index contributed by atoms with van der Waals surface area (Å²) in [5, 5.41) is 12.1. The fraction of sp³-hybridized carbons (Fsp3) is 0.769. The second kappa shape index (κ2) is 7.97. The standard InChI is InChI=1S/C13H24N2O3/c1-3-4-9-18-11(2)10-14-13(17)15-7-5-12(16)6-8-15/h12,16H,2-10H2,1H3,(H,14,17). The topological polar surface area (TPSA) is 61.8 Å². The second-order valence-corrected chi connectivity index (χ2v) is 4.62. The first-order valence-corrected chi connectivity index (χ1v) is 6.65. The van der Waals surface area contributed by atoms with Gasteiger partial charge in [-0.2, -0.15) is 0 Å². The van der Waals surface area contributed by atoms with Crippen molar-refractivity contribution in [2.75, 3.05) is 26.2 Å². The Morgan fingerprint density at radius 3 is 2.78 bits per heavy atom. The highest BCUT2D eigenvalue weighted by molar-refractivity contribution is 5.74. The average molecular weight is 256 g/mol. The molecule has 5 heteroatoms. The summed E-state index contributed by atoms with van der Waals surface area (Å²) >= 11 is 0. The van der Waals surface area contributed by atoms with Gasteiger partial charge < -0.3 is 20.1 Å². The summed E-state index contributed by atoms with van der Waals surface area (Å²) in [5.74, 6) is 0.592. The Bertz CT molecular complexity index is 273. The van der Waals surface area contributed by atoms with Crippen LogP contribution in [0.1, 0.15) is 32.6 Å². The molecule has 0 unspecified atom stereocenters. The number of carbonyl (C=O) groups is 1. The summed E-state index contributed by atoms with van der Waals surface area (Å²) in [5.41, 5.74) is 0. The summed E-state index contributed by atoms with van der Waals surface area (Å²) in [7, 11) is 0. The molecular weight excluding hydrogens is 232 g/mol. The Morgan fingerprint density at radius 1 is 1.50 bits per heavy atom. The van der Waals surface area contributed by atoms with Crippen LogP contribution in [0.4, 0.5) is 4.79 Å². The van der Waals surface area contributed by atoms with E-state index in [0.717, 1.165) is 12.8 Å². The lowest BCUT2D eigenvalue weighted by Crippen LogP contribution is -2.45. The van der Waals surface area contributed by atoms with Crippen molar-refractivity contribution in [1.82, 2.24) is 10.2 Å². The summed E-state index contributed by atoms with van der Waals surface area (Å²) in [6.07, 6.45) is 3.12. The summed E-state index contributed by atoms with van der Waals surface area (Å²) in [6.45, 7) is 8.07. The van der Waals surface area contributed by atoms with E-state index in [1.807, 2.05) is 0 Å². The van der Waals surface area contributed by atoms with Crippen LogP contribution in [-0.4, -0.2) is 48.4 Å². The number of carbonyl (C=O) groups excluding carboxylic acids is 1. The first kappa shape index (κ1) is 14.8. The van der Waals surface area contributed by atoms with Gasteiger partial charge in [-0.3, -0.25) is 0 Å². The molecule has 0 aliphatic carbocycles. The number of nitrogens with zero attached hydrogens (tertiary/aromatic N) is 1. The lowest BCUT2D eigenvalue weighted by atomic mass is 10.1. The predicted molar refractivity (Wildman–Crippen MR) is 70.2 cm³/mol. The Hall–Kier alpha value is -1.23. The van der Waals surface area contributed by atoms with E-state index in [2.05, 4.69) is 18.8 Å². The molecule has 104 valence electrons. The second-order valence-electron chi connectivity index (χ2n) is 4.62. The monoisotopic (exact) mass is 256 g/mol. The van der Waals surface area contributed by atoms with Crippen molar-refractivity contribution >= 4 is 6.03 Å². The third-order valence-corrected chi connectivity index (χ3v) is 2.99. The molecule has 0 spiro atoms. The lowest BCUT2D eigenvalue weighted by Gasteiger charge is -2.29. The molecule has 5 nitrogen and oxygen atoms in total. The van der Waals surface area contributed by atoms with Crippen LogP contribution in [0.25, 0.3) is 0 Å². The van der Waals surface area contributed by atoms with Crippen molar-refractivity contribution in [3.63, 3.8) is 0 Å². The van der Waals surface area contributed by atoms with Crippen LogP contribution in [0.15, 0.2) is 12.3 Å². The van der Waals surface area contributed by atoms with Gasteiger partial charge in [0.1, 0.15) is 5.76 Å². The number of rotatable bonds is 6. The van der Waals surface area contributed by atoms with Gasteiger partial charge in [-0.05, 0) is 19.3 Å². The normalized spacial score (nSPS) is 16.4. The molecular formula is C13H24N2O3. The van der Waals surface area contributed by atoms with E-state index in [9.17, 15) is 9.90 Å². The quantitative estimate of drug-likeness (QED) is 0.559. The number of hydrogen-bond donors (Lipinski definition) is 2. The maximum atomic E-state index is 11.8. The first-order chi connectivity index (χ1) is 8.63. The van der Waals surface area contributed by atoms with E-state index < -0.39 is 0 Å². The largest absolute Gasteiger partial charge is 0.497 e. The van der Waals surface area contributed by atoms with Crippen LogP contribution in [-0.2, 0) is 4.74 Å². The predicted octanol–water partition coefficient (Wildman–Crippen LogP) is 1.48. The average Bonchev–Trinajstić information content (AvgIpc) is 2.37. The fourth-order valence-corrected chi connectivity index (χ4v) is 1.77. The van der Waals surface area contributed by atoms with Gasteiger partial charge in [0.05, 0.1) is 19.3 Å². The lowest BCUT2D eigenvalue weighted by molar-refractivity contribution is 0.0933. The number of aliphatic hydroxyl groups is 1. The molecule has 2 amide bonds. The Kier molecular flexibility index (Phi) is 6.57. The van der Waals surface area contributed by atoms with Gasteiger partial charge in [-0.15, -0.1) is 0 Å². The third kappa shape index (κ3) is 5.40. The minimum Gasteiger partial charge on any atom is -0.497 e. The van der Waals surface area contributed by atoms with Crippen LogP contribution in [0.3, 0.4) is 0 Å². The first-order valence-electron chi connectivity index (χ1n) is 6.65. The van der Waals surface area contributed by atoms with Crippen molar-refractivity contribution in [2.24, 2.45) is 0 Å². The maximum Gasteiger partial charge on any atom is 0.317 e. The summed E-state index contributed by atoms with van der Waals surface area (Å²) in [4.78, 5) is 13.5. The number of aliphatic hydroxyl groups excluding tert-OH is 1. The molecule has 0 bridgehead atoms. The van der Waals surface area contributed by atoms with Gasteiger partial charge in [0.15, 0.2) is 0 Å². The van der Waals surface area contributed by atoms with E-state index in [-0.39, 0.29) is 12.1 Å². The van der Waals surface area contributed by atoms with Gasteiger partial charge in [0.25, 0.3) is 0 Å². The van der Waals surface area contributed by atoms with Gasteiger partial charge in [-0.25, -0.2) is 4.79 Å². The highest BCUT2D eigenvalue weighted by Crippen LogP contribution is 2.09. The Labute approximate surface area is 109 Å². The van der Waals surface area contributed by atoms with E-state index in [4.69, 9.17) is 4.74 Å². The van der Waals surface area contributed by atoms with Crippen LogP contribution >= 0.6 is 0 Å². The summed E-state index contributed by atoms with van der Waals surface area (Å²) < 4.78 is 5.37. The molecule has 1 fully saturated rings. The number of hydrogen-bond acceptors (Lipinski definition) is 3. The Morgan fingerprint density at radius 2 is 2.17 bits per heavy atom. The fourth-order valence-electron chi connectivity index (χ4n) is 1.77. The van der Waals surface area contributed by atoms with Gasteiger partial charge in [0, 0.05) is 13.1 Å². The number of ether oxygens (including phenoxy) is 1. The smallest absolute Gasteiger partial charge is 0.317 e. The molecule has 2 N–H and O–H groups in total. The molecule has 1 aliphatic rings. The molecule has 1 rings (SSSR count).